The van der Waals surface area contributed by atoms with Crippen molar-refractivity contribution in [3.05, 3.63) is 0 Å². The first-order valence-electron chi connectivity index (χ1n) is 6.75. The molecule has 0 aromatic rings. The molecule has 3 nitrogen and oxygen atoms in total. The molecule has 0 aromatic carbocycles. The molecule has 2 heterocycles. The van der Waals surface area contributed by atoms with Crippen LogP contribution in [0.25, 0.3) is 0 Å². The lowest BCUT2D eigenvalue weighted by atomic mass is 10.0. The lowest BCUT2D eigenvalue weighted by Gasteiger charge is -2.34. The van der Waals surface area contributed by atoms with Crippen LogP contribution >= 0.6 is 0 Å². The van der Waals surface area contributed by atoms with E-state index in [9.17, 15) is 0 Å². The predicted molar refractivity (Wildman–Crippen MR) is 64.6 cm³/mol. The minimum atomic E-state index is 0.359. The predicted octanol–water partition coefficient (Wildman–Crippen LogP) is 2.10. The Balaban J connectivity index is 1.78. The van der Waals surface area contributed by atoms with Crippen molar-refractivity contribution < 1.29 is 9.47 Å². The largest absolute Gasteiger partial charge is 0.375 e. The molecule has 0 radical (unpaired) electrons. The van der Waals surface area contributed by atoms with E-state index >= 15 is 0 Å². The zero-order chi connectivity index (χ0) is 11.4. The summed E-state index contributed by atoms with van der Waals surface area (Å²) in [6.07, 6.45) is 7.36. The van der Waals surface area contributed by atoms with Gasteiger partial charge >= 0.3 is 0 Å². The van der Waals surface area contributed by atoms with Crippen LogP contribution in [-0.4, -0.2) is 37.5 Å². The van der Waals surface area contributed by atoms with E-state index in [0.717, 1.165) is 25.9 Å². The van der Waals surface area contributed by atoms with Crippen LogP contribution in [-0.2, 0) is 9.47 Å². The lowest BCUT2D eigenvalue weighted by Crippen LogP contribution is -2.36. The molecule has 0 aromatic heterocycles. The molecule has 1 N–H and O–H groups in total. The van der Waals surface area contributed by atoms with Crippen LogP contribution in [0.1, 0.15) is 46.0 Å². The normalized spacial score (nSPS) is 41.6. The summed E-state index contributed by atoms with van der Waals surface area (Å²) in [4.78, 5) is 0. The van der Waals surface area contributed by atoms with Crippen LogP contribution in [0.5, 0.6) is 0 Å². The zero-order valence-electron chi connectivity index (χ0n) is 10.6. The van der Waals surface area contributed by atoms with Gasteiger partial charge < -0.3 is 14.8 Å². The first-order valence-corrected chi connectivity index (χ1v) is 6.75. The standard InChI is InChI=1S/C13H25NO2/c1-10-8-13(9-11(2)15-10)16-12-4-3-6-14-7-5-12/h10-14H,3-9H2,1-2H3. The highest BCUT2D eigenvalue weighted by atomic mass is 16.5. The maximum atomic E-state index is 6.23. The minimum absolute atomic E-state index is 0.359. The van der Waals surface area contributed by atoms with E-state index < -0.39 is 0 Å². The molecule has 94 valence electrons. The average Bonchev–Trinajstić information content (AvgIpc) is 2.44. The van der Waals surface area contributed by atoms with E-state index in [1.165, 1.54) is 19.3 Å². The molecule has 16 heavy (non-hydrogen) atoms. The number of rotatable bonds is 2. The van der Waals surface area contributed by atoms with Gasteiger partial charge in [-0.15, -0.1) is 0 Å². The van der Waals surface area contributed by atoms with E-state index in [1.54, 1.807) is 0 Å². The van der Waals surface area contributed by atoms with E-state index in [0.29, 0.717) is 24.4 Å². The van der Waals surface area contributed by atoms with E-state index in [1.807, 2.05) is 0 Å². The Hall–Kier alpha value is -0.120. The summed E-state index contributed by atoms with van der Waals surface area (Å²) in [7, 11) is 0. The summed E-state index contributed by atoms with van der Waals surface area (Å²) in [6, 6.07) is 0. The highest BCUT2D eigenvalue weighted by Gasteiger charge is 2.27. The molecular weight excluding hydrogens is 202 g/mol. The van der Waals surface area contributed by atoms with Gasteiger partial charge in [0.15, 0.2) is 0 Å². The molecule has 3 atom stereocenters. The maximum Gasteiger partial charge on any atom is 0.0628 e. The molecule has 0 amide bonds. The van der Waals surface area contributed by atoms with Gasteiger partial charge in [-0.3, -0.25) is 0 Å². The van der Waals surface area contributed by atoms with Crippen LogP contribution in [0.15, 0.2) is 0 Å². The van der Waals surface area contributed by atoms with Gasteiger partial charge in [0.2, 0.25) is 0 Å². The molecule has 2 saturated heterocycles. The Morgan fingerprint density at radius 1 is 1.00 bits per heavy atom. The van der Waals surface area contributed by atoms with Crippen molar-refractivity contribution in [1.82, 2.24) is 5.32 Å². The second-order valence-corrected chi connectivity index (χ2v) is 5.29. The Morgan fingerprint density at radius 3 is 2.50 bits per heavy atom. The summed E-state index contributed by atoms with van der Waals surface area (Å²) in [5.41, 5.74) is 0. The minimum Gasteiger partial charge on any atom is -0.375 e. The van der Waals surface area contributed by atoms with E-state index in [-0.39, 0.29) is 0 Å². The van der Waals surface area contributed by atoms with Gasteiger partial charge in [-0.2, -0.15) is 0 Å². The highest BCUT2D eigenvalue weighted by molar-refractivity contribution is 4.76. The number of ether oxygens (including phenoxy) is 2. The third-order valence-corrected chi connectivity index (χ3v) is 3.56. The van der Waals surface area contributed by atoms with Crippen LogP contribution < -0.4 is 5.32 Å². The van der Waals surface area contributed by atoms with Gasteiger partial charge in [0.25, 0.3) is 0 Å². The molecular formula is C13H25NO2. The van der Waals surface area contributed by atoms with Crippen molar-refractivity contribution in [1.29, 1.82) is 0 Å². The third kappa shape index (κ3) is 3.72. The first-order chi connectivity index (χ1) is 7.74. The topological polar surface area (TPSA) is 30.5 Å². The monoisotopic (exact) mass is 227 g/mol. The van der Waals surface area contributed by atoms with Gasteiger partial charge in [-0.1, -0.05) is 0 Å². The van der Waals surface area contributed by atoms with Crippen molar-refractivity contribution >= 4 is 0 Å². The summed E-state index contributed by atoms with van der Waals surface area (Å²) >= 11 is 0. The van der Waals surface area contributed by atoms with Crippen molar-refractivity contribution in [2.45, 2.75) is 70.4 Å². The molecule has 0 spiro atoms. The summed E-state index contributed by atoms with van der Waals surface area (Å²) < 4.78 is 12.0. The highest BCUT2D eigenvalue weighted by Crippen LogP contribution is 2.24. The Kier molecular flexibility index (Phi) is 4.62. The molecule has 2 aliphatic rings. The Morgan fingerprint density at radius 2 is 1.75 bits per heavy atom. The quantitative estimate of drug-likeness (QED) is 0.783. The lowest BCUT2D eigenvalue weighted by molar-refractivity contribution is -0.122. The fourth-order valence-corrected chi connectivity index (χ4v) is 2.85. The van der Waals surface area contributed by atoms with Gasteiger partial charge in [0.05, 0.1) is 24.4 Å². The zero-order valence-corrected chi connectivity index (χ0v) is 10.6. The van der Waals surface area contributed by atoms with Crippen LogP contribution in [0.3, 0.4) is 0 Å². The van der Waals surface area contributed by atoms with E-state index in [2.05, 4.69) is 19.2 Å². The average molecular weight is 227 g/mol. The fourth-order valence-electron chi connectivity index (χ4n) is 2.85. The van der Waals surface area contributed by atoms with Gasteiger partial charge in [-0.25, -0.2) is 0 Å². The molecule has 2 fully saturated rings. The van der Waals surface area contributed by atoms with Crippen molar-refractivity contribution in [2.24, 2.45) is 0 Å². The van der Waals surface area contributed by atoms with E-state index in [4.69, 9.17) is 9.47 Å². The number of hydrogen-bond acceptors (Lipinski definition) is 3. The SMILES string of the molecule is CC1CC(OC2CCCNCC2)CC(C)O1. The third-order valence-electron chi connectivity index (χ3n) is 3.56. The molecule has 0 aliphatic carbocycles. The molecule has 2 aliphatic heterocycles. The van der Waals surface area contributed by atoms with Crippen molar-refractivity contribution in [3.63, 3.8) is 0 Å². The molecule has 2 rings (SSSR count). The second kappa shape index (κ2) is 5.99. The van der Waals surface area contributed by atoms with Gasteiger partial charge in [0.1, 0.15) is 0 Å². The van der Waals surface area contributed by atoms with Crippen molar-refractivity contribution in [2.75, 3.05) is 13.1 Å². The molecule has 3 heteroatoms. The summed E-state index contributed by atoms with van der Waals surface area (Å²) in [5, 5.41) is 3.43. The van der Waals surface area contributed by atoms with Crippen LogP contribution in [0.2, 0.25) is 0 Å². The Bertz CT molecular complexity index is 192. The maximum absolute atomic E-state index is 6.23. The first kappa shape index (κ1) is 12.3. The van der Waals surface area contributed by atoms with Gasteiger partial charge in [0, 0.05) is 0 Å². The Labute approximate surface area is 98.9 Å². The molecule has 0 bridgehead atoms. The molecule has 0 saturated carbocycles. The number of nitrogens with one attached hydrogen (secondary N) is 1. The van der Waals surface area contributed by atoms with Crippen molar-refractivity contribution in [3.8, 4) is 0 Å². The summed E-state index contributed by atoms with van der Waals surface area (Å²) in [6.45, 7) is 6.57. The number of hydrogen-bond donors (Lipinski definition) is 1. The fraction of sp³-hybridized carbons (Fsp3) is 1.00. The smallest absolute Gasteiger partial charge is 0.0628 e. The van der Waals surface area contributed by atoms with Crippen LogP contribution in [0, 0.1) is 0 Å². The second-order valence-electron chi connectivity index (χ2n) is 5.29. The molecule has 3 unspecified atom stereocenters. The van der Waals surface area contributed by atoms with Gasteiger partial charge in [-0.05, 0) is 59.0 Å². The van der Waals surface area contributed by atoms with Crippen LogP contribution in [0.4, 0.5) is 0 Å². The summed E-state index contributed by atoms with van der Waals surface area (Å²) in [5.74, 6) is 0.